The summed E-state index contributed by atoms with van der Waals surface area (Å²) in [7, 11) is 0. The molecular weight excluding hydrogens is 134 g/mol. The van der Waals surface area contributed by atoms with Gasteiger partial charge in [0.2, 0.25) is 5.91 Å². The van der Waals surface area contributed by atoms with Gasteiger partial charge in [-0.05, 0) is 0 Å². The number of nitrogens with zero attached hydrogens (tertiary/aromatic N) is 1. The molecule has 0 aliphatic carbocycles. The van der Waals surface area contributed by atoms with Crippen molar-refractivity contribution in [2.75, 3.05) is 12.3 Å². The minimum Gasteiger partial charge on any atom is -0.329 e. The lowest BCUT2D eigenvalue weighted by molar-refractivity contribution is -0.147. The lowest BCUT2D eigenvalue weighted by Crippen LogP contribution is -2.54. The highest BCUT2D eigenvalue weighted by Crippen LogP contribution is 2.39. The zero-order chi connectivity index (χ0) is 6.43. The van der Waals surface area contributed by atoms with E-state index in [0.29, 0.717) is 17.2 Å². The normalized spacial score (nSPS) is 40.6. The van der Waals surface area contributed by atoms with Gasteiger partial charge >= 0.3 is 0 Å². The van der Waals surface area contributed by atoms with Crippen LogP contribution in [0.15, 0.2) is 0 Å². The van der Waals surface area contributed by atoms with E-state index in [1.807, 2.05) is 23.6 Å². The second kappa shape index (κ2) is 1.66. The van der Waals surface area contributed by atoms with Gasteiger partial charge in [-0.1, -0.05) is 6.92 Å². The van der Waals surface area contributed by atoms with E-state index in [-0.39, 0.29) is 0 Å². The molecule has 2 atom stereocenters. The molecule has 2 fully saturated rings. The van der Waals surface area contributed by atoms with Gasteiger partial charge in [0.05, 0.1) is 11.3 Å². The molecule has 2 heterocycles. The van der Waals surface area contributed by atoms with Crippen molar-refractivity contribution in [3.05, 3.63) is 0 Å². The number of hydrogen-bond acceptors (Lipinski definition) is 2. The van der Waals surface area contributed by atoms with Crippen LogP contribution in [0.4, 0.5) is 0 Å². The predicted molar refractivity (Wildman–Crippen MR) is 37.1 cm³/mol. The van der Waals surface area contributed by atoms with Crippen LogP contribution in [-0.4, -0.2) is 28.5 Å². The van der Waals surface area contributed by atoms with Crippen molar-refractivity contribution >= 4 is 17.7 Å². The van der Waals surface area contributed by atoms with Crippen molar-refractivity contribution in [2.45, 2.75) is 12.3 Å². The first-order valence-electron chi connectivity index (χ1n) is 3.23. The Hall–Kier alpha value is -0.180. The molecule has 0 aromatic heterocycles. The highest BCUT2D eigenvalue weighted by molar-refractivity contribution is 8.00. The monoisotopic (exact) mass is 143 g/mol. The summed E-state index contributed by atoms with van der Waals surface area (Å²) >= 11 is 1.91. The van der Waals surface area contributed by atoms with Gasteiger partial charge in [0.25, 0.3) is 0 Å². The van der Waals surface area contributed by atoms with Gasteiger partial charge in [-0.3, -0.25) is 4.79 Å². The van der Waals surface area contributed by atoms with Gasteiger partial charge in [-0.15, -0.1) is 11.8 Å². The third-order valence-electron chi connectivity index (χ3n) is 2.03. The Morgan fingerprint density at radius 2 is 2.56 bits per heavy atom. The molecule has 3 heteroatoms. The van der Waals surface area contributed by atoms with E-state index < -0.39 is 0 Å². The zero-order valence-corrected chi connectivity index (χ0v) is 6.15. The molecule has 2 aliphatic rings. The maximum absolute atomic E-state index is 11.0. The Kier molecular flexibility index (Phi) is 1.03. The van der Waals surface area contributed by atoms with Crippen LogP contribution < -0.4 is 0 Å². The minimum absolute atomic E-state index is 0.303. The number of β-lactam (4-membered cyclic amide) rings is 1. The second-order valence-electron chi connectivity index (χ2n) is 2.58. The SMILES string of the molecule is CC1C(=O)N2CCS[C@@H]12. The fourth-order valence-electron chi connectivity index (χ4n) is 1.44. The number of amides is 1. The predicted octanol–water partition coefficient (Wildman–Crippen LogP) is 0.538. The van der Waals surface area contributed by atoms with E-state index in [1.54, 1.807) is 0 Å². The fourth-order valence-corrected chi connectivity index (χ4v) is 2.78. The Balaban J connectivity index is 2.14. The van der Waals surface area contributed by atoms with Crippen LogP contribution in [0.2, 0.25) is 0 Å². The molecule has 50 valence electrons. The van der Waals surface area contributed by atoms with Crippen LogP contribution in [0.25, 0.3) is 0 Å². The van der Waals surface area contributed by atoms with Crippen LogP contribution in [0, 0.1) is 5.92 Å². The molecule has 2 saturated heterocycles. The maximum atomic E-state index is 11.0. The summed E-state index contributed by atoms with van der Waals surface area (Å²) in [6, 6.07) is 0. The van der Waals surface area contributed by atoms with Gasteiger partial charge in [0.15, 0.2) is 0 Å². The van der Waals surface area contributed by atoms with E-state index in [2.05, 4.69) is 0 Å². The Morgan fingerprint density at radius 3 is 3.22 bits per heavy atom. The number of fused-ring (bicyclic) bond motifs is 1. The summed E-state index contributed by atoms with van der Waals surface area (Å²) in [5.74, 6) is 1.79. The summed E-state index contributed by atoms with van der Waals surface area (Å²) in [5.41, 5.74) is 0. The number of thioether (sulfide) groups is 1. The van der Waals surface area contributed by atoms with Gasteiger partial charge in [0.1, 0.15) is 0 Å². The Labute approximate surface area is 58.6 Å². The van der Waals surface area contributed by atoms with Crippen molar-refractivity contribution in [1.82, 2.24) is 4.90 Å². The first-order chi connectivity index (χ1) is 4.30. The first-order valence-corrected chi connectivity index (χ1v) is 4.27. The highest BCUT2D eigenvalue weighted by atomic mass is 32.2. The van der Waals surface area contributed by atoms with Crippen molar-refractivity contribution in [2.24, 2.45) is 5.92 Å². The number of carbonyl (C=O) groups excluding carboxylic acids is 1. The summed E-state index contributed by atoms with van der Waals surface area (Å²) in [4.78, 5) is 12.9. The van der Waals surface area contributed by atoms with Crippen LogP contribution in [-0.2, 0) is 4.79 Å². The van der Waals surface area contributed by atoms with E-state index in [4.69, 9.17) is 0 Å². The molecule has 0 aromatic carbocycles. The average molecular weight is 143 g/mol. The molecule has 9 heavy (non-hydrogen) atoms. The third kappa shape index (κ3) is 0.556. The Bertz CT molecular complexity index is 159. The van der Waals surface area contributed by atoms with Gasteiger partial charge < -0.3 is 4.90 Å². The standard InChI is InChI=1S/C6H9NOS/c1-4-5(8)7-2-3-9-6(4)7/h4,6H,2-3H2,1H3/t4?,6-/m0/s1. The average Bonchev–Trinajstić information content (AvgIpc) is 2.30. The molecule has 0 spiro atoms. The van der Waals surface area contributed by atoms with E-state index in [0.717, 1.165) is 12.3 Å². The van der Waals surface area contributed by atoms with Crippen LogP contribution in [0.5, 0.6) is 0 Å². The topological polar surface area (TPSA) is 20.3 Å². The summed E-state index contributed by atoms with van der Waals surface area (Å²) in [5, 5.41) is 0.539. The highest BCUT2D eigenvalue weighted by Gasteiger charge is 2.47. The third-order valence-corrected chi connectivity index (χ3v) is 3.45. The van der Waals surface area contributed by atoms with E-state index in [9.17, 15) is 4.79 Å². The van der Waals surface area contributed by atoms with Crippen molar-refractivity contribution in [3.63, 3.8) is 0 Å². The molecule has 0 bridgehead atoms. The molecule has 1 unspecified atom stereocenters. The molecule has 2 aliphatic heterocycles. The second-order valence-corrected chi connectivity index (χ2v) is 3.81. The first kappa shape index (κ1) is 5.59. The van der Waals surface area contributed by atoms with E-state index in [1.165, 1.54) is 0 Å². The molecular formula is C6H9NOS. The van der Waals surface area contributed by atoms with Crippen LogP contribution in [0.3, 0.4) is 0 Å². The molecule has 0 saturated carbocycles. The van der Waals surface area contributed by atoms with Crippen molar-refractivity contribution < 1.29 is 4.79 Å². The minimum atomic E-state index is 0.303. The number of rotatable bonds is 0. The van der Waals surface area contributed by atoms with Crippen molar-refractivity contribution in [1.29, 1.82) is 0 Å². The molecule has 0 radical (unpaired) electrons. The lowest BCUT2D eigenvalue weighted by atomic mass is 10.0. The quantitative estimate of drug-likeness (QED) is 0.461. The fraction of sp³-hybridized carbons (Fsp3) is 0.833. The van der Waals surface area contributed by atoms with Gasteiger partial charge in [-0.2, -0.15) is 0 Å². The van der Waals surface area contributed by atoms with E-state index >= 15 is 0 Å². The molecule has 1 amide bonds. The number of carbonyl (C=O) groups is 1. The Morgan fingerprint density at radius 1 is 1.78 bits per heavy atom. The van der Waals surface area contributed by atoms with Gasteiger partial charge in [-0.25, -0.2) is 0 Å². The molecule has 2 rings (SSSR count). The summed E-state index contributed by atoms with van der Waals surface area (Å²) in [6.07, 6.45) is 0. The maximum Gasteiger partial charge on any atom is 0.229 e. The summed E-state index contributed by atoms with van der Waals surface area (Å²) < 4.78 is 0. The largest absolute Gasteiger partial charge is 0.329 e. The molecule has 2 nitrogen and oxygen atoms in total. The van der Waals surface area contributed by atoms with Gasteiger partial charge in [0, 0.05) is 12.3 Å². The smallest absolute Gasteiger partial charge is 0.229 e. The number of hydrogen-bond donors (Lipinski definition) is 0. The lowest BCUT2D eigenvalue weighted by Gasteiger charge is -2.39. The molecule has 0 aromatic rings. The van der Waals surface area contributed by atoms with Crippen LogP contribution in [0.1, 0.15) is 6.92 Å². The zero-order valence-electron chi connectivity index (χ0n) is 5.33. The molecule has 0 N–H and O–H groups in total. The van der Waals surface area contributed by atoms with Crippen LogP contribution >= 0.6 is 11.8 Å². The summed E-state index contributed by atoms with van der Waals surface area (Å²) in [6.45, 7) is 3.00. The van der Waals surface area contributed by atoms with Crippen molar-refractivity contribution in [3.8, 4) is 0 Å².